The fraction of sp³-hybridized carbons (Fsp3) is 0.0926. The molecule has 4 nitrogen and oxygen atoms in total. The van der Waals surface area contributed by atoms with Gasteiger partial charge in [-0.1, -0.05) is 165 Å². The van der Waals surface area contributed by atoms with Crippen LogP contribution in [0.2, 0.25) is 0 Å². The molecule has 0 saturated carbocycles. The van der Waals surface area contributed by atoms with Crippen LogP contribution in [-0.2, 0) is 11.8 Å². The van der Waals surface area contributed by atoms with Gasteiger partial charge in [0.15, 0.2) is 17.5 Å². The van der Waals surface area contributed by atoms with Gasteiger partial charge in [0.25, 0.3) is 0 Å². The average Bonchev–Trinajstić information content (AvgIpc) is 3.57. The zero-order valence-electron chi connectivity index (χ0n) is 32.0. The number of allylic oxidation sites excluding steroid dienone is 5. The molecular weight excluding hydrogens is 707 g/mol. The molecule has 1 unspecified atom stereocenters. The van der Waals surface area contributed by atoms with Crippen LogP contribution in [0, 0.1) is 5.92 Å². The highest BCUT2D eigenvalue weighted by atomic mass is 16.5. The lowest BCUT2D eigenvalue weighted by Gasteiger charge is -2.40. The quantitative estimate of drug-likeness (QED) is 0.180. The van der Waals surface area contributed by atoms with E-state index >= 15 is 0 Å². The maximum absolute atomic E-state index is 7.10. The van der Waals surface area contributed by atoms with Crippen LogP contribution in [0.25, 0.3) is 67.5 Å². The second kappa shape index (κ2) is 12.7. The molecule has 0 bridgehead atoms. The van der Waals surface area contributed by atoms with Gasteiger partial charge >= 0.3 is 0 Å². The Morgan fingerprint density at radius 3 is 2.02 bits per heavy atom. The SMILES string of the molecule is CC1C=C(c2nc(-c3cc4c5c(cccc5c3)CC=C4)nc(-c3ccccc3-c3cccc4c3Oc3ccccc3C43c4ccccc4-c4ccccc43)n2)C=CC1. The molecule has 4 aliphatic rings. The molecule has 0 radical (unpaired) electrons. The van der Waals surface area contributed by atoms with Crippen molar-refractivity contribution >= 4 is 22.4 Å². The minimum atomic E-state index is -0.559. The number of ether oxygens (including phenoxy) is 1. The zero-order valence-corrected chi connectivity index (χ0v) is 32.0. The minimum absolute atomic E-state index is 0.388. The van der Waals surface area contributed by atoms with Crippen LogP contribution >= 0.6 is 0 Å². The highest BCUT2D eigenvalue weighted by molar-refractivity contribution is 5.98. The van der Waals surface area contributed by atoms with Crippen molar-refractivity contribution in [3.8, 4) is 56.5 Å². The maximum atomic E-state index is 7.10. The highest BCUT2D eigenvalue weighted by Gasteiger charge is 2.51. The molecule has 4 heteroatoms. The summed E-state index contributed by atoms with van der Waals surface area (Å²) in [6.45, 7) is 2.24. The molecule has 1 aliphatic heterocycles. The number of rotatable bonds is 4. The first-order chi connectivity index (χ1) is 28.6. The molecule has 8 aromatic rings. The van der Waals surface area contributed by atoms with Gasteiger partial charge in [-0.25, -0.2) is 15.0 Å². The Kier molecular flexibility index (Phi) is 7.21. The van der Waals surface area contributed by atoms with Crippen molar-refractivity contribution in [1.29, 1.82) is 0 Å². The van der Waals surface area contributed by atoms with Crippen LogP contribution in [0.1, 0.15) is 52.5 Å². The molecule has 1 spiro atoms. The summed E-state index contributed by atoms with van der Waals surface area (Å²) in [5, 5.41) is 2.50. The number of hydrogen-bond acceptors (Lipinski definition) is 4. The number of hydrogen-bond donors (Lipinski definition) is 0. The Bertz CT molecular complexity index is 3090. The molecule has 3 aliphatic carbocycles. The van der Waals surface area contributed by atoms with Gasteiger partial charge in [-0.2, -0.15) is 0 Å². The minimum Gasteiger partial charge on any atom is -0.456 e. The number of nitrogens with zero attached hydrogens (tertiary/aromatic N) is 3. The second-order valence-electron chi connectivity index (χ2n) is 15.9. The number of fused-ring (bicyclic) bond motifs is 9. The normalized spacial score (nSPS) is 16.3. The fourth-order valence-corrected chi connectivity index (χ4v) is 10.0. The van der Waals surface area contributed by atoms with E-state index in [-0.39, 0.29) is 0 Å². The molecule has 0 saturated heterocycles. The molecule has 0 fully saturated rings. The van der Waals surface area contributed by atoms with Gasteiger partial charge < -0.3 is 4.74 Å². The highest BCUT2D eigenvalue weighted by Crippen LogP contribution is 2.63. The van der Waals surface area contributed by atoms with Gasteiger partial charge in [0.05, 0.1) is 5.41 Å². The molecule has 0 amide bonds. The number of para-hydroxylation sites is 2. The van der Waals surface area contributed by atoms with E-state index in [4.69, 9.17) is 19.7 Å². The molecule has 2 heterocycles. The lowest BCUT2D eigenvalue weighted by Crippen LogP contribution is -2.32. The molecular formula is C54H37N3O. The van der Waals surface area contributed by atoms with Crippen molar-refractivity contribution in [1.82, 2.24) is 15.0 Å². The van der Waals surface area contributed by atoms with Crippen LogP contribution in [0.15, 0.2) is 170 Å². The smallest absolute Gasteiger partial charge is 0.164 e. The third-order valence-electron chi connectivity index (χ3n) is 12.5. The lowest BCUT2D eigenvalue weighted by atomic mass is 9.65. The van der Waals surface area contributed by atoms with E-state index < -0.39 is 5.41 Å². The Morgan fingerprint density at radius 1 is 0.552 bits per heavy atom. The molecule has 1 aromatic heterocycles. The third kappa shape index (κ3) is 4.78. The van der Waals surface area contributed by atoms with Gasteiger partial charge in [0, 0.05) is 33.4 Å². The third-order valence-corrected chi connectivity index (χ3v) is 12.5. The van der Waals surface area contributed by atoms with E-state index in [1.165, 1.54) is 44.2 Å². The molecule has 274 valence electrons. The molecule has 0 N–H and O–H groups in total. The van der Waals surface area contributed by atoms with E-state index in [2.05, 4.69) is 183 Å². The summed E-state index contributed by atoms with van der Waals surface area (Å²) in [5.41, 5.74) is 14.2. The monoisotopic (exact) mass is 743 g/mol. The van der Waals surface area contributed by atoms with E-state index in [1.807, 2.05) is 0 Å². The Balaban J connectivity index is 1.09. The van der Waals surface area contributed by atoms with E-state index in [0.29, 0.717) is 23.4 Å². The summed E-state index contributed by atoms with van der Waals surface area (Å²) in [6, 6.07) is 52.4. The topological polar surface area (TPSA) is 47.9 Å². The Morgan fingerprint density at radius 2 is 1.21 bits per heavy atom. The van der Waals surface area contributed by atoms with Crippen LogP contribution < -0.4 is 4.74 Å². The first-order valence-corrected chi connectivity index (χ1v) is 20.2. The summed E-state index contributed by atoms with van der Waals surface area (Å²) < 4.78 is 7.10. The van der Waals surface area contributed by atoms with E-state index in [0.717, 1.165) is 63.3 Å². The van der Waals surface area contributed by atoms with Gasteiger partial charge in [0.2, 0.25) is 0 Å². The van der Waals surface area contributed by atoms with Crippen molar-refractivity contribution in [3.63, 3.8) is 0 Å². The summed E-state index contributed by atoms with van der Waals surface area (Å²) in [4.78, 5) is 15.8. The predicted octanol–water partition coefficient (Wildman–Crippen LogP) is 13.0. The van der Waals surface area contributed by atoms with Gasteiger partial charge in [-0.3, -0.25) is 0 Å². The predicted molar refractivity (Wildman–Crippen MR) is 235 cm³/mol. The largest absolute Gasteiger partial charge is 0.456 e. The van der Waals surface area contributed by atoms with Crippen molar-refractivity contribution in [3.05, 3.63) is 209 Å². The van der Waals surface area contributed by atoms with Crippen LogP contribution in [0.5, 0.6) is 11.5 Å². The van der Waals surface area contributed by atoms with Crippen molar-refractivity contribution in [2.24, 2.45) is 5.92 Å². The van der Waals surface area contributed by atoms with E-state index in [9.17, 15) is 0 Å². The second-order valence-corrected chi connectivity index (χ2v) is 15.9. The summed E-state index contributed by atoms with van der Waals surface area (Å²) >= 11 is 0. The molecule has 12 rings (SSSR count). The summed E-state index contributed by atoms with van der Waals surface area (Å²) in [7, 11) is 0. The molecule has 1 atom stereocenters. The van der Waals surface area contributed by atoms with E-state index in [1.54, 1.807) is 0 Å². The molecule has 7 aromatic carbocycles. The number of benzene rings is 7. The number of aromatic nitrogens is 3. The average molecular weight is 744 g/mol. The fourth-order valence-electron chi connectivity index (χ4n) is 10.0. The van der Waals surface area contributed by atoms with Gasteiger partial charge in [-0.15, -0.1) is 0 Å². The van der Waals surface area contributed by atoms with Crippen LogP contribution in [0.4, 0.5) is 0 Å². The standard InChI is InChI=1S/C54H37N3O/c1-33-14-10-19-37(30-33)51-55-52(38-31-35-17-11-15-34-16-12-18-36(32-38)49(34)35)57-53(56-51)43-23-3-2-20-39(43)42-24-13-28-47-50(42)58-48-29-9-8-27-46(48)54(47)44-25-6-4-21-40(44)41-22-5-7-26-45(41)54/h2-13,15,17-33H,14,16H2,1H3. The van der Waals surface area contributed by atoms with Crippen molar-refractivity contribution in [2.75, 3.05) is 0 Å². The first-order valence-electron chi connectivity index (χ1n) is 20.2. The van der Waals surface area contributed by atoms with Crippen molar-refractivity contribution < 1.29 is 4.74 Å². The maximum Gasteiger partial charge on any atom is 0.164 e. The summed E-state index contributed by atoms with van der Waals surface area (Å²) in [5.74, 6) is 4.05. The Labute approximate surface area is 337 Å². The van der Waals surface area contributed by atoms with Crippen molar-refractivity contribution in [2.45, 2.75) is 25.2 Å². The molecule has 58 heavy (non-hydrogen) atoms. The summed E-state index contributed by atoms with van der Waals surface area (Å²) in [6.07, 6.45) is 13.1. The first kappa shape index (κ1) is 33.0. The van der Waals surface area contributed by atoms with Gasteiger partial charge in [0.1, 0.15) is 11.5 Å². The lowest BCUT2D eigenvalue weighted by molar-refractivity contribution is 0.438. The van der Waals surface area contributed by atoms with Crippen LogP contribution in [-0.4, -0.2) is 15.0 Å². The Hall–Kier alpha value is -7.17. The van der Waals surface area contributed by atoms with Gasteiger partial charge in [-0.05, 0) is 86.7 Å². The zero-order chi connectivity index (χ0) is 38.4. The van der Waals surface area contributed by atoms with Crippen LogP contribution in [0.3, 0.4) is 0 Å².